The van der Waals surface area contributed by atoms with Crippen molar-refractivity contribution in [2.75, 3.05) is 34.0 Å². The summed E-state index contributed by atoms with van der Waals surface area (Å²) in [5, 5.41) is 10.6. The third kappa shape index (κ3) is 4.54. The van der Waals surface area contributed by atoms with E-state index in [2.05, 4.69) is 21.8 Å². The van der Waals surface area contributed by atoms with Crippen molar-refractivity contribution < 1.29 is 19.3 Å². The number of hydrogen-bond donors (Lipinski definition) is 2. The number of ether oxygens (including phenoxy) is 3. The Morgan fingerprint density at radius 2 is 2.12 bits per heavy atom. The van der Waals surface area contributed by atoms with Crippen molar-refractivity contribution in [1.29, 1.82) is 0 Å². The van der Waals surface area contributed by atoms with Crippen LogP contribution in [0.25, 0.3) is 0 Å². The molecule has 4 rings (SSSR count). The lowest BCUT2D eigenvalue weighted by molar-refractivity contribution is 0.170. The first-order chi connectivity index (χ1) is 16.5. The molecule has 0 aliphatic carbocycles. The van der Waals surface area contributed by atoms with Gasteiger partial charge in [-0.1, -0.05) is 26.2 Å². The molecule has 0 saturated carbocycles. The number of benzene rings is 1. The molecule has 0 radical (unpaired) electrons. The van der Waals surface area contributed by atoms with Crippen LogP contribution < -0.4 is 25.5 Å². The lowest BCUT2D eigenvalue weighted by atomic mass is 9.91. The number of rotatable bonds is 9. The van der Waals surface area contributed by atoms with Crippen LogP contribution in [0.4, 0.5) is 0 Å². The lowest BCUT2D eigenvalue weighted by Crippen LogP contribution is -2.34. The SMILES string of the molecule is CCCCCCn1c(O)c(C=NCC2c3c(cc4c(c3OC)OCO4)CCN2C)c(=O)[nH]c1=O. The number of unbranched alkanes of at least 4 members (excludes halogenated alkanes) is 3. The van der Waals surface area contributed by atoms with Crippen molar-refractivity contribution in [2.45, 2.75) is 51.6 Å². The molecule has 0 saturated heterocycles. The van der Waals surface area contributed by atoms with Crippen LogP contribution >= 0.6 is 0 Å². The molecular weight excluding hydrogens is 440 g/mol. The minimum absolute atomic E-state index is 0.0218. The highest BCUT2D eigenvalue weighted by molar-refractivity contribution is 5.81. The van der Waals surface area contributed by atoms with Gasteiger partial charge in [0, 0.05) is 24.9 Å². The van der Waals surface area contributed by atoms with Gasteiger partial charge in [0.15, 0.2) is 11.5 Å². The third-order valence-electron chi connectivity index (χ3n) is 6.49. The summed E-state index contributed by atoms with van der Waals surface area (Å²) in [7, 11) is 3.61. The minimum Gasteiger partial charge on any atom is -0.494 e. The first-order valence-electron chi connectivity index (χ1n) is 11.7. The summed E-state index contributed by atoms with van der Waals surface area (Å²) in [4.78, 5) is 33.5. The van der Waals surface area contributed by atoms with Crippen molar-refractivity contribution >= 4 is 6.21 Å². The number of aliphatic imine (C=N–C) groups is 1. The molecule has 3 heterocycles. The van der Waals surface area contributed by atoms with Gasteiger partial charge in [0.05, 0.1) is 19.7 Å². The number of nitrogens with zero attached hydrogens (tertiary/aromatic N) is 3. The Balaban J connectivity index is 1.60. The molecule has 2 aromatic rings. The number of methoxy groups -OCH3 is 1. The molecule has 0 spiro atoms. The van der Waals surface area contributed by atoms with E-state index in [1.807, 2.05) is 13.1 Å². The normalized spacial score (nSPS) is 17.3. The van der Waals surface area contributed by atoms with Gasteiger partial charge in [-0.25, -0.2) is 4.79 Å². The lowest BCUT2D eigenvalue weighted by Gasteiger charge is -2.35. The fourth-order valence-corrected chi connectivity index (χ4v) is 4.60. The van der Waals surface area contributed by atoms with Crippen molar-refractivity contribution in [3.8, 4) is 23.1 Å². The summed E-state index contributed by atoms with van der Waals surface area (Å²) < 4.78 is 18.1. The van der Waals surface area contributed by atoms with Gasteiger partial charge in [0.2, 0.25) is 18.4 Å². The summed E-state index contributed by atoms with van der Waals surface area (Å²) in [6.45, 7) is 3.75. The second-order valence-electron chi connectivity index (χ2n) is 8.67. The van der Waals surface area contributed by atoms with Crippen LogP contribution in [0.5, 0.6) is 23.1 Å². The van der Waals surface area contributed by atoms with E-state index in [0.717, 1.165) is 49.8 Å². The van der Waals surface area contributed by atoms with E-state index in [9.17, 15) is 14.7 Å². The van der Waals surface area contributed by atoms with Crippen LogP contribution in [0.15, 0.2) is 20.6 Å². The fourth-order valence-electron chi connectivity index (χ4n) is 4.60. The Labute approximate surface area is 197 Å². The van der Waals surface area contributed by atoms with Crippen LogP contribution in [0.2, 0.25) is 0 Å². The van der Waals surface area contributed by atoms with Gasteiger partial charge in [0.25, 0.3) is 5.56 Å². The highest BCUT2D eigenvalue weighted by Crippen LogP contribution is 2.49. The molecule has 184 valence electrons. The van der Waals surface area contributed by atoms with E-state index in [-0.39, 0.29) is 24.3 Å². The van der Waals surface area contributed by atoms with Gasteiger partial charge >= 0.3 is 5.69 Å². The average Bonchev–Trinajstić information content (AvgIpc) is 3.28. The van der Waals surface area contributed by atoms with Crippen LogP contribution in [0.1, 0.15) is 55.3 Å². The summed E-state index contributed by atoms with van der Waals surface area (Å²) in [6.07, 6.45) is 5.98. The molecule has 0 amide bonds. The standard InChI is InChI=1S/C24H32N4O6/c1-4-5-6-7-9-28-23(30)16(22(29)26-24(28)31)12-25-13-17-19-15(8-10-27(17)2)11-18-20(21(19)32-3)34-14-33-18/h11-12,17,30H,4-10,13-14H2,1-3H3,(H,26,29,31). The first-order valence-corrected chi connectivity index (χ1v) is 11.7. The zero-order valence-electron chi connectivity index (χ0n) is 19.9. The smallest absolute Gasteiger partial charge is 0.331 e. The highest BCUT2D eigenvalue weighted by Gasteiger charge is 2.33. The Morgan fingerprint density at radius 1 is 1.29 bits per heavy atom. The first kappa shape index (κ1) is 23.9. The summed E-state index contributed by atoms with van der Waals surface area (Å²) in [6, 6.07) is 1.88. The second kappa shape index (κ2) is 10.3. The van der Waals surface area contributed by atoms with Crippen molar-refractivity contribution in [2.24, 2.45) is 4.99 Å². The van der Waals surface area contributed by atoms with Crippen LogP contribution in [-0.2, 0) is 13.0 Å². The number of H-pyrrole nitrogens is 1. The predicted molar refractivity (Wildman–Crippen MR) is 128 cm³/mol. The van der Waals surface area contributed by atoms with E-state index in [0.29, 0.717) is 30.3 Å². The monoisotopic (exact) mass is 472 g/mol. The fraction of sp³-hybridized carbons (Fsp3) is 0.542. The Morgan fingerprint density at radius 3 is 2.88 bits per heavy atom. The van der Waals surface area contributed by atoms with E-state index in [1.54, 1.807) is 7.11 Å². The van der Waals surface area contributed by atoms with Crippen molar-refractivity contribution in [3.05, 3.63) is 43.6 Å². The van der Waals surface area contributed by atoms with E-state index < -0.39 is 11.2 Å². The van der Waals surface area contributed by atoms with Crippen LogP contribution in [-0.4, -0.2) is 59.8 Å². The minimum atomic E-state index is -0.658. The molecule has 10 heteroatoms. The molecule has 0 fully saturated rings. The van der Waals surface area contributed by atoms with Crippen LogP contribution in [0, 0.1) is 0 Å². The molecule has 2 aliphatic heterocycles. The molecular formula is C24H32N4O6. The number of aromatic amines is 1. The summed E-state index contributed by atoms with van der Waals surface area (Å²) in [5.41, 5.74) is 0.802. The summed E-state index contributed by atoms with van der Waals surface area (Å²) in [5.74, 6) is 1.56. The Hall–Kier alpha value is -3.27. The molecule has 1 atom stereocenters. The van der Waals surface area contributed by atoms with Gasteiger partial charge in [-0.2, -0.15) is 0 Å². The maximum atomic E-state index is 12.4. The predicted octanol–water partition coefficient (Wildman–Crippen LogP) is 2.21. The molecule has 10 nitrogen and oxygen atoms in total. The van der Waals surface area contributed by atoms with Gasteiger partial charge < -0.3 is 19.3 Å². The quantitative estimate of drug-likeness (QED) is 0.424. The van der Waals surface area contributed by atoms with Gasteiger partial charge in [-0.3, -0.25) is 24.2 Å². The highest BCUT2D eigenvalue weighted by atomic mass is 16.7. The number of fused-ring (bicyclic) bond motifs is 2. The van der Waals surface area contributed by atoms with Crippen molar-refractivity contribution in [3.63, 3.8) is 0 Å². The zero-order chi connectivity index (χ0) is 24.2. The third-order valence-corrected chi connectivity index (χ3v) is 6.49. The Bertz CT molecular complexity index is 1190. The largest absolute Gasteiger partial charge is 0.494 e. The molecule has 1 aromatic carbocycles. The topological polar surface area (TPSA) is 118 Å². The van der Waals surface area contributed by atoms with E-state index >= 15 is 0 Å². The molecule has 1 unspecified atom stereocenters. The molecule has 2 aliphatic rings. The Kier molecular flexibility index (Phi) is 7.26. The molecule has 2 N–H and O–H groups in total. The van der Waals surface area contributed by atoms with Gasteiger partial charge in [0.1, 0.15) is 5.56 Å². The van der Waals surface area contributed by atoms with Crippen LogP contribution in [0.3, 0.4) is 0 Å². The molecule has 34 heavy (non-hydrogen) atoms. The van der Waals surface area contributed by atoms with E-state index in [4.69, 9.17) is 14.2 Å². The van der Waals surface area contributed by atoms with Gasteiger partial charge in [-0.15, -0.1) is 0 Å². The van der Waals surface area contributed by atoms with E-state index in [1.165, 1.54) is 10.8 Å². The number of hydrogen-bond acceptors (Lipinski definition) is 8. The summed E-state index contributed by atoms with van der Waals surface area (Å²) >= 11 is 0. The number of aromatic hydroxyl groups is 1. The molecule has 1 aromatic heterocycles. The zero-order valence-corrected chi connectivity index (χ0v) is 19.9. The number of likely N-dealkylation sites (N-methyl/N-ethyl adjacent to an activating group) is 1. The maximum absolute atomic E-state index is 12.4. The number of nitrogens with one attached hydrogen (secondary N) is 1. The number of aromatic nitrogens is 2. The second-order valence-corrected chi connectivity index (χ2v) is 8.67. The van der Waals surface area contributed by atoms with Crippen molar-refractivity contribution in [1.82, 2.24) is 14.5 Å². The maximum Gasteiger partial charge on any atom is 0.331 e. The molecule has 0 bridgehead atoms. The average molecular weight is 473 g/mol. The van der Waals surface area contributed by atoms with Gasteiger partial charge in [-0.05, 0) is 31.5 Å².